The minimum Gasteiger partial charge on any atom is -0.308 e. The zero-order valence-corrected chi connectivity index (χ0v) is 16.4. The Labute approximate surface area is 152 Å². The molecule has 0 unspecified atom stereocenters. The number of aryl methyl sites for hydroxylation is 2. The van der Waals surface area contributed by atoms with E-state index in [-0.39, 0.29) is 12.4 Å². The minimum atomic E-state index is -0.443. The lowest BCUT2D eigenvalue weighted by molar-refractivity contribution is 0.622. The van der Waals surface area contributed by atoms with E-state index in [2.05, 4.69) is 20.9 Å². The first-order chi connectivity index (χ1) is 11.8. The van der Waals surface area contributed by atoms with Crippen LogP contribution in [0.15, 0.2) is 32.5 Å². The smallest absolute Gasteiger partial charge is 0.308 e. The average Bonchev–Trinajstić information content (AvgIpc) is 2.93. The number of hydrogen-bond acceptors (Lipinski definition) is 3. The van der Waals surface area contributed by atoms with Gasteiger partial charge in [-0.25, -0.2) is 14.2 Å². The largest absolute Gasteiger partial charge is 0.332 e. The highest BCUT2D eigenvalue weighted by Crippen LogP contribution is 2.20. The van der Waals surface area contributed by atoms with Crippen molar-refractivity contribution in [1.29, 1.82) is 0 Å². The van der Waals surface area contributed by atoms with Crippen LogP contribution in [-0.2, 0) is 20.6 Å². The average molecular weight is 411 g/mol. The van der Waals surface area contributed by atoms with Crippen LogP contribution in [-0.4, -0.2) is 18.7 Å². The fourth-order valence-corrected chi connectivity index (χ4v) is 3.02. The van der Waals surface area contributed by atoms with Crippen molar-refractivity contribution in [3.8, 4) is 0 Å². The predicted octanol–water partition coefficient (Wildman–Crippen LogP) is 2.72. The quantitative estimate of drug-likeness (QED) is 0.610. The number of hydrogen-bond donors (Lipinski definition) is 0. The summed E-state index contributed by atoms with van der Waals surface area (Å²) in [6.45, 7) is 6.14. The number of aromatic nitrogens is 4. The van der Waals surface area contributed by atoms with Gasteiger partial charge in [0.25, 0.3) is 5.56 Å². The molecule has 8 heteroatoms. The summed E-state index contributed by atoms with van der Waals surface area (Å²) < 4.78 is 17.9. The van der Waals surface area contributed by atoms with E-state index in [0.29, 0.717) is 15.9 Å². The third-order valence-electron chi connectivity index (χ3n) is 3.94. The molecule has 0 aliphatic carbocycles. The van der Waals surface area contributed by atoms with Gasteiger partial charge in [0, 0.05) is 14.1 Å². The molecule has 25 heavy (non-hydrogen) atoms. The van der Waals surface area contributed by atoms with Crippen LogP contribution in [0.5, 0.6) is 0 Å². The van der Waals surface area contributed by atoms with Gasteiger partial charge in [0.15, 0.2) is 15.9 Å². The topological polar surface area (TPSA) is 61.8 Å². The van der Waals surface area contributed by atoms with Crippen LogP contribution in [0.4, 0.5) is 4.39 Å². The van der Waals surface area contributed by atoms with E-state index in [9.17, 15) is 14.0 Å². The van der Waals surface area contributed by atoms with E-state index < -0.39 is 11.2 Å². The molecule has 0 saturated heterocycles. The molecule has 3 aromatic rings. The zero-order chi connectivity index (χ0) is 18.9. The number of halogens is 2. The predicted molar refractivity (Wildman–Crippen MR) is 99.5 cm³/mol. The van der Waals surface area contributed by atoms with Gasteiger partial charge in [0.1, 0.15) is 5.82 Å². The highest BCUT2D eigenvalue weighted by molar-refractivity contribution is 9.10. The number of fused-ring (bicyclic) bond motifs is 1. The molecule has 6 nitrogen and oxygen atoms in total. The summed E-state index contributed by atoms with van der Waals surface area (Å²) in [7, 11) is 2.98. The normalized spacial score (nSPS) is 10.7. The van der Waals surface area contributed by atoms with E-state index in [1.807, 2.05) is 20.8 Å². The third kappa shape index (κ3) is 3.30. The van der Waals surface area contributed by atoms with Crippen LogP contribution in [0.2, 0.25) is 0 Å². The van der Waals surface area contributed by atoms with Crippen molar-refractivity contribution < 1.29 is 4.39 Å². The molecule has 0 fully saturated rings. The summed E-state index contributed by atoms with van der Waals surface area (Å²) in [4.78, 5) is 28.7. The summed E-state index contributed by atoms with van der Waals surface area (Å²) >= 11 is 3.32. The van der Waals surface area contributed by atoms with Gasteiger partial charge in [-0.2, -0.15) is 0 Å². The van der Waals surface area contributed by atoms with Gasteiger partial charge in [0.2, 0.25) is 0 Å². The SMILES string of the molecule is CC.Cc1ccc(F)cc1Cn1c(Br)nc2c1c(=O)n(C)c(=O)n2C. The molecule has 134 valence electrons. The second-order valence-corrected chi connectivity index (χ2v) is 6.13. The molecule has 0 aliphatic rings. The molecule has 0 radical (unpaired) electrons. The van der Waals surface area contributed by atoms with Crippen LogP contribution in [0.25, 0.3) is 11.2 Å². The second-order valence-electron chi connectivity index (χ2n) is 5.42. The van der Waals surface area contributed by atoms with Crippen molar-refractivity contribution in [3.63, 3.8) is 0 Å². The molecule has 0 N–H and O–H groups in total. The molecular formula is C17H20BrFN4O2. The Bertz CT molecular complexity index is 1050. The monoisotopic (exact) mass is 410 g/mol. The highest BCUT2D eigenvalue weighted by Gasteiger charge is 2.18. The standard InChI is InChI=1S/C15H14BrFN4O2.C2H6/c1-8-4-5-10(17)6-9(8)7-21-11-12(18-14(21)16)19(2)15(23)20(3)13(11)22;1-2/h4-6H,7H2,1-3H3;1-2H3. The van der Waals surface area contributed by atoms with Crippen LogP contribution in [0.3, 0.4) is 0 Å². The van der Waals surface area contributed by atoms with Gasteiger partial charge in [-0.1, -0.05) is 19.9 Å². The molecule has 0 bridgehead atoms. The number of nitrogens with zero attached hydrogens (tertiary/aromatic N) is 4. The summed E-state index contributed by atoms with van der Waals surface area (Å²) in [6.07, 6.45) is 0. The lowest BCUT2D eigenvalue weighted by atomic mass is 10.1. The van der Waals surface area contributed by atoms with E-state index in [0.717, 1.165) is 15.7 Å². The summed E-state index contributed by atoms with van der Waals surface area (Å²) in [5, 5.41) is 0. The fourth-order valence-electron chi connectivity index (χ4n) is 2.54. The molecule has 0 aliphatic heterocycles. The first-order valence-electron chi connectivity index (χ1n) is 7.88. The molecule has 1 aromatic carbocycles. The highest BCUT2D eigenvalue weighted by atomic mass is 79.9. The number of benzene rings is 1. The zero-order valence-electron chi connectivity index (χ0n) is 14.8. The van der Waals surface area contributed by atoms with Gasteiger partial charge >= 0.3 is 5.69 Å². The molecule has 0 spiro atoms. The number of rotatable bonds is 2. The number of imidazole rings is 1. The molecular weight excluding hydrogens is 391 g/mol. The molecule has 3 rings (SSSR count). The van der Waals surface area contributed by atoms with Crippen molar-refractivity contribution in [2.24, 2.45) is 14.1 Å². The Morgan fingerprint density at radius 1 is 1.16 bits per heavy atom. The second kappa shape index (κ2) is 7.35. The Balaban J connectivity index is 0.00000109. The Morgan fingerprint density at radius 3 is 2.44 bits per heavy atom. The maximum absolute atomic E-state index is 13.5. The van der Waals surface area contributed by atoms with Crippen LogP contribution in [0, 0.1) is 12.7 Å². The van der Waals surface area contributed by atoms with E-state index >= 15 is 0 Å². The molecule has 2 heterocycles. The summed E-state index contributed by atoms with van der Waals surface area (Å²) in [5.74, 6) is -0.341. The summed E-state index contributed by atoms with van der Waals surface area (Å²) in [5.41, 5.74) is 1.35. The molecule has 0 atom stereocenters. The Kier molecular flexibility index (Phi) is 5.62. The van der Waals surface area contributed by atoms with Gasteiger partial charge in [-0.3, -0.25) is 13.9 Å². The van der Waals surface area contributed by atoms with E-state index in [4.69, 9.17) is 0 Å². The molecule has 2 aromatic heterocycles. The van der Waals surface area contributed by atoms with Crippen molar-refractivity contribution in [2.45, 2.75) is 27.3 Å². The minimum absolute atomic E-state index is 0.272. The molecule has 0 saturated carbocycles. The van der Waals surface area contributed by atoms with Gasteiger partial charge in [-0.15, -0.1) is 0 Å². The lowest BCUT2D eigenvalue weighted by Crippen LogP contribution is -2.37. The maximum atomic E-state index is 13.5. The van der Waals surface area contributed by atoms with E-state index in [1.54, 1.807) is 17.7 Å². The third-order valence-corrected chi connectivity index (χ3v) is 4.55. The maximum Gasteiger partial charge on any atom is 0.332 e. The fraction of sp³-hybridized carbons (Fsp3) is 0.353. The van der Waals surface area contributed by atoms with Crippen LogP contribution in [0.1, 0.15) is 25.0 Å². The lowest BCUT2D eigenvalue weighted by Gasteiger charge is -2.10. The van der Waals surface area contributed by atoms with Gasteiger partial charge in [-0.05, 0) is 46.1 Å². The van der Waals surface area contributed by atoms with Gasteiger partial charge < -0.3 is 4.57 Å². The first-order valence-corrected chi connectivity index (χ1v) is 8.67. The van der Waals surface area contributed by atoms with Crippen molar-refractivity contribution in [3.05, 3.63) is 60.7 Å². The van der Waals surface area contributed by atoms with Crippen molar-refractivity contribution in [1.82, 2.24) is 18.7 Å². The Hall–Kier alpha value is -2.22. The van der Waals surface area contributed by atoms with Crippen LogP contribution >= 0.6 is 15.9 Å². The van der Waals surface area contributed by atoms with Crippen LogP contribution < -0.4 is 11.2 Å². The van der Waals surface area contributed by atoms with Crippen molar-refractivity contribution >= 4 is 27.1 Å². The van der Waals surface area contributed by atoms with Gasteiger partial charge in [0.05, 0.1) is 6.54 Å². The van der Waals surface area contributed by atoms with Crippen molar-refractivity contribution in [2.75, 3.05) is 0 Å². The first kappa shape index (κ1) is 19.1. The summed E-state index contributed by atoms with van der Waals surface area (Å²) in [6, 6.07) is 4.51. The van der Waals surface area contributed by atoms with E-state index in [1.165, 1.54) is 23.7 Å². The Morgan fingerprint density at radius 2 is 1.80 bits per heavy atom. The molecule has 0 amide bonds.